The molecule has 1 aromatic heterocycles. The van der Waals surface area contributed by atoms with Gasteiger partial charge in [0.1, 0.15) is 15.7 Å². The van der Waals surface area contributed by atoms with Gasteiger partial charge in [-0.15, -0.1) is 11.3 Å². The van der Waals surface area contributed by atoms with Gasteiger partial charge in [-0.1, -0.05) is 24.3 Å². The number of amides is 1. The van der Waals surface area contributed by atoms with Crippen LogP contribution in [0.3, 0.4) is 0 Å². The molecule has 1 amide bonds. The summed E-state index contributed by atoms with van der Waals surface area (Å²) >= 11 is 1.11. The van der Waals surface area contributed by atoms with Gasteiger partial charge in [0, 0.05) is 25.2 Å². The number of sulfonamides is 1. The number of benzene rings is 2. The Kier molecular flexibility index (Phi) is 6.42. The van der Waals surface area contributed by atoms with E-state index in [1.807, 2.05) is 0 Å². The molecule has 1 fully saturated rings. The number of morpholine rings is 1. The van der Waals surface area contributed by atoms with Crippen LogP contribution in [0, 0.1) is 5.82 Å². The van der Waals surface area contributed by atoms with Gasteiger partial charge in [0.05, 0.1) is 24.3 Å². The molecule has 2 heterocycles. The second-order valence-electron chi connectivity index (χ2n) is 6.85. The van der Waals surface area contributed by atoms with Crippen molar-refractivity contribution >= 4 is 27.3 Å². The highest BCUT2D eigenvalue weighted by Gasteiger charge is 2.26. The summed E-state index contributed by atoms with van der Waals surface area (Å²) in [7, 11) is -3.55. The average Bonchev–Trinajstić information content (AvgIpc) is 3.29. The monoisotopic (exact) mass is 461 g/mol. The Bertz CT molecular complexity index is 1170. The molecular weight excluding hydrogens is 441 g/mol. The van der Waals surface area contributed by atoms with Crippen molar-refractivity contribution in [3.05, 3.63) is 71.0 Å². The molecule has 2 aromatic carbocycles. The third kappa shape index (κ3) is 4.82. The predicted octanol–water partition coefficient (Wildman–Crippen LogP) is 2.90. The molecule has 4 rings (SSSR count). The van der Waals surface area contributed by atoms with Crippen molar-refractivity contribution in [1.29, 1.82) is 0 Å². The van der Waals surface area contributed by atoms with Crippen molar-refractivity contribution < 1.29 is 22.3 Å². The first-order valence-electron chi connectivity index (χ1n) is 9.61. The molecule has 0 atom stereocenters. The maximum atomic E-state index is 13.9. The van der Waals surface area contributed by atoms with Crippen LogP contribution in [0.2, 0.25) is 0 Å². The van der Waals surface area contributed by atoms with Gasteiger partial charge in [0.25, 0.3) is 5.91 Å². The Morgan fingerprint density at radius 3 is 2.55 bits per heavy atom. The molecular formula is C21H20FN3O4S2. The maximum Gasteiger partial charge on any atom is 0.263 e. The summed E-state index contributed by atoms with van der Waals surface area (Å²) in [6.07, 6.45) is 1.42. The van der Waals surface area contributed by atoms with Crippen LogP contribution >= 0.6 is 11.3 Å². The summed E-state index contributed by atoms with van der Waals surface area (Å²) in [5, 5.41) is 3.21. The molecule has 0 spiro atoms. The molecule has 1 aliphatic heterocycles. The molecule has 0 bridgehead atoms. The molecule has 1 saturated heterocycles. The smallest absolute Gasteiger partial charge is 0.263 e. The van der Waals surface area contributed by atoms with Crippen molar-refractivity contribution in [1.82, 2.24) is 14.6 Å². The summed E-state index contributed by atoms with van der Waals surface area (Å²) < 4.78 is 45.8. The predicted molar refractivity (Wildman–Crippen MR) is 115 cm³/mol. The van der Waals surface area contributed by atoms with Gasteiger partial charge in [-0.3, -0.25) is 4.79 Å². The van der Waals surface area contributed by atoms with Crippen molar-refractivity contribution in [3.8, 4) is 10.6 Å². The minimum Gasteiger partial charge on any atom is -0.379 e. The number of nitrogens with zero attached hydrogens (tertiary/aromatic N) is 2. The fourth-order valence-electron chi connectivity index (χ4n) is 3.12. The zero-order chi connectivity index (χ0) is 21.8. The summed E-state index contributed by atoms with van der Waals surface area (Å²) in [6.45, 7) is 1.68. The van der Waals surface area contributed by atoms with E-state index in [0.29, 0.717) is 41.8 Å². The van der Waals surface area contributed by atoms with E-state index >= 15 is 0 Å². The van der Waals surface area contributed by atoms with E-state index in [2.05, 4.69) is 10.3 Å². The fraction of sp³-hybridized carbons (Fsp3) is 0.238. The summed E-state index contributed by atoms with van der Waals surface area (Å²) in [4.78, 5) is 17.2. The highest BCUT2D eigenvalue weighted by atomic mass is 32.2. The van der Waals surface area contributed by atoms with Crippen LogP contribution in [-0.2, 0) is 21.3 Å². The van der Waals surface area contributed by atoms with Crippen LogP contribution in [0.1, 0.15) is 15.2 Å². The SMILES string of the molecule is O=C(NCc1ccc(S(=O)(=O)N2CCOCC2)cc1)c1cnc(-c2ccccc2F)s1. The first-order chi connectivity index (χ1) is 14.9. The van der Waals surface area contributed by atoms with Crippen LogP contribution in [0.5, 0.6) is 0 Å². The zero-order valence-corrected chi connectivity index (χ0v) is 18.1. The van der Waals surface area contributed by atoms with E-state index in [1.165, 1.54) is 28.7 Å². The molecule has 31 heavy (non-hydrogen) atoms. The number of ether oxygens (including phenoxy) is 1. The van der Waals surface area contributed by atoms with E-state index in [4.69, 9.17) is 4.74 Å². The third-order valence-electron chi connectivity index (χ3n) is 4.82. The Balaban J connectivity index is 1.38. The second kappa shape index (κ2) is 9.23. The Morgan fingerprint density at radius 2 is 1.84 bits per heavy atom. The van der Waals surface area contributed by atoms with E-state index in [9.17, 15) is 17.6 Å². The highest BCUT2D eigenvalue weighted by molar-refractivity contribution is 7.89. The summed E-state index contributed by atoms with van der Waals surface area (Å²) in [5.74, 6) is -0.721. The van der Waals surface area contributed by atoms with Gasteiger partial charge in [-0.2, -0.15) is 4.31 Å². The molecule has 0 saturated carbocycles. The molecule has 7 nitrogen and oxygen atoms in total. The lowest BCUT2D eigenvalue weighted by atomic mass is 10.2. The van der Waals surface area contributed by atoms with Crippen molar-refractivity contribution in [2.75, 3.05) is 26.3 Å². The number of hydrogen-bond acceptors (Lipinski definition) is 6. The van der Waals surface area contributed by atoms with Gasteiger partial charge in [0.2, 0.25) is 10.0 Å². The number of nitrogens with one attached hydrogen (secondary N) is 1. The quantitative estimate of drug-likeness (QED) is 0.610. The van der Waals surface area contributed by atoms with Crippen LogP contribution in [0.25, 0.3) is 10.6 Å². The van der Waals surface area contributed by atoms with E-state index in [0.717, 1.165) is 16.9 Å². The van der Waals surface area contributed by atoms with Gasteiger partial charge in [-0.25, -0.2) is 17.8 Å². The topological polar surface area (TPSA) is 88.6 Å². The molecule has 10 heteroatoms. The molecule has 0 unspecified atom stereocenters. The zero-order valence-electron chi connectivity index (χ0n) is 16.5. The van der Waals surface area contributed by atoms with Gasteiger partial charge in [0.15, 0.2) is 0 Å². The van der Waals surface area contributed by atoms with E-state index in [1.54, 1.807) is 30.3 Å². The van der Waals surface area contributed by atoms with Crippen molar-refractivity contribution in [3.63, 3.8) is 0 Å². The Morgan fingerprint density at radius 1 is 1.13 bits per heavy atom. The number of thiazole rings is 1. The first-order valence-corrected chi connectivity index (χ1v) is 11.9. The second-order valence-corrected chi connectivity index (χ2v) is 9.82. The standard InChI is InChI=1S/C21H20FN3O4S2/c22-18-4-2-1-3-17(18)21-24-14-19(30-21)20(26)23-13-15-5-7-16(8-6-15)31(27,28)25-9-11-29-12-10-25/h1-8,14H,9-13H2,(H,23,26). The van der Waals surface area contributed by atoms with Gasteiger partial charge < -0.3 is 10.1 Å². The largest absolute Gasteiger partial charge is 0.379 e. The number of aromatic nitrogens is 1. The molecule has 0 aliphatic carbocycles. The van der Waals surface area contributed by atoms with Gasteiger partial charge in [-0.05, 0) is 29.8 Å². The van der Waals surface area contributed by atoms with Gasteiger partial charge >= 0.3 is 0 Å². The van der Waals surface area contributed by atoms with Crippen molar-refractivity contribution in [2.45, 2.75) is 11.4 Å². The Labute approximate surface area is 183 Å². The van der Waals surface area contributed by atoms with E-state index in [-0.39, 0.29) is 17.3 Å². The normalized spacial score (nSPS) is 15.0. The van der Waals surface area contributed by atoms with E-state index < -0.39 is 15.8 Å². The molecule has 0 radical (unpaired) electrons. The molecule has 1 N–H and O–H groups in total. The van der Waals surface area contributed by atoms with Crippen LogP contribution in [0.15, 0.2) is 59.6 Å². The maximum absolute atomic E-state index is 13.9. The van der Waals surface area contributed by atoms with Crippen LogP contribution in [0.4, 0.5) is 4.39 Å². The molecule has 1 aliphatic rings. The number of carbonyl (C=O) groups excluding carboxylic acids is 1. The first kappa shape index (κ1) is 21.6. The number of hydrogen-bond donors (Lipinski definition) is 1. The molecule has 3 aromatic rings. The lowest BCUT2D eigenvalue weighted by molar-refractivity contribution is 0.0730. The third-order valence-corrected chi connectivity index (χ3v) is 7.76. The van der Waals surface area contributed by atoms with Crippen LogP contribution < -0.4 is 5.32 Å². The fourth-order valence-corrected chi connectivity index (χ4v) is 5.39. The number of rotatable bonds is 6. The Hall–Kier alpha value is -2.66. The lowest BCUT2D eigenvalue weighted by Gasteiger charge is -2.26. The average molecular weight is 462 g/mol. The number of halogens is 1. The summed E-state index contributed by atoms with van der Waals surface area (Å²) in [6, 6.07) is 12.7. The minimum atomic E-state index is -3.55. The highest BCUT2D eigenvalue weighted by Crippen LogP contribution is 2.27. The van der Waals surface area contributed by atoms with Crippen molar-refractivity contribution in [2.24, 2.45) is 0 Å². The molecule has 162 valence electrons. The lowest BCUT2D eigenvalue weighted by Crippen LogP contribution is -2.40. The summed E-state index contributed by atoms with van der Waals surface area (Å²) in [5.41, 5.74) is 1.11. The number of carbonyl (C=O) groups is 1. The van der Waals surface area contributed by atoms with Crippen LogP contribution in [-0.4, -0.2) is 49.9 Å². The minimum absolute atomic E-state index is 0.210.